The molecule has 0 bridgehead atoms. The summed E-state index contributed by atoms with van der Waals surface area (Å²) in [6, 6.07) is 4.06. The van der Waals surface area contributed by atoms with Crippen molar-refractivity contribution in [3.8, 4) is 0 Å². The van der Waals surface area contributed by atoms with Crippen LogP contribution in [0.1, 0.15) is 45.3 Å². The Morgan fingerprint density at radius 1 is 1.28 bits per heavy atom. The molecule has 2 rings (SSSR count). The van der Waals surface area contributed by atoms with E-state index >= 15 is 0 Å². The molecule has 1 aromatic heterocycles. The first-order valence-electron chi connectivity index (χ1n) is 7.14. The third-order valence-electron chi connectivity index (χ3n) is 4.33. The minimum atomic E-state index is 0.0388. The lowest BCUT2D eigenvalue weighted by atomic mass is 9.89. The molecular formula is C15H26N2O. The van der Waals surface area contributed by atoms with E-state index in [9.17, 15) is 0 Å². The summed E-state index contributed by atoms with van der Waals surface area (Å²) in [6.45, 7) is 6.90. The molecule has 1 saturated heterocycles. The van der Waals surface area contributed by atoms with E-state index in [-0.39, 0.29) is 11.6 Å². The maximum atomic E-state index is 6.42. The first kappa shape index (κ1) is 13.6. The molecule has 0 spiro atoms. The third-order valence-corrected chi connectivity index (χ3v) is 4.33. The van der Waals surface area contributed by atoms with Crippen LogP contribution in [0.4, 0.5) is 0 Å². The molecule has 1 aliphatic rings. The monoisotopic (exact) mass is 250 g/mol. The number of hydrogen-bond donors (Lipinski definition) is 1. The number of rotatable bonds is 4. The lowest BCUT2D eigenvalue weighted by Crippen LogP contribution is -2.57. The van der Waals surface area contributed by atoms with E-state index in [1.54, 1.807) is 6.26 Å². The van der Waals surface area contributed by atoms with Gasteiger partial charge in [0, 0.05) is 18.0 Å². The fraction of sp³-hybridized carbons (Fsp3) is 0.733. The maximum Gasteiger partial charge on any atom is 0.105 e. The zero-order valence-corrected chi connectivity index (χ0v) is 11.7. The maximum absolute atomic E-state index is 6.42. The second-order valence-electron chi connectivity index (χ2n) is 5.94. The molecule has 0 radical (unpaired) electrons. The van der Waals surface area contributed by atoms with Gasteiger partial charge in [0.2, 0.25) is 0 Å². The molecule has 3 heteroatoms. The summed E-state index contributed by atoms with van der Waals surface area (Å²) in [5.74, 6) is 0.991. The highest BCUT2D eigenvalue weighted by atomic mass is 16.3. The van der Waals surface area contributed by atoms with Crippen molar-refractivity contribution < 1.29 is 4.42 Å². The second kappa shape index (κ2) is 5.89. The van der Waals surface area contributed by atoms with Crippen molar-refractivity contribution in [1.82, 2.24) is 4.90 Å². The van der Waals surface area contributed by atoms with Gasteiger partial charge in [0.05, 0.1) is 6.26 Å². The zero-order chi connectivity index (χ0) is 13.0. The molecule has 0 amide bonds. The summed E-state index contributed by atoms with van der Waals surface area (Å²) < 4.78 is 5.41. The summed E-state index contributed by atoms with van der Waals surface area (Å²) in [5, 5.41) is 0. The van der Waals surface area contributed by atoms with E-state index < -0.39 is 0 Å². The fourth-order valence-electron chi connectivity index (χ4n) is 2.78. The van der Waals surface area contributed by atoms with Crippen LogP contribution in [0.3, 0.4) is 0 Å². The van der Waals surface area contributed by atoms with Crippen LogP contribution in [0.25, 0.3) is 0 Å². The number of hydrogen-bond acceptors (Lipinski definition) is 3. The van der Waals surface area contributed by atoms with Crippen LogP contribution < -0.4 is 5.73 Å². The van der Waals surface area contributed by atoms with Gasteiger partial charge in [0.25, 0.3) is 0 Å². The second-order valence-corrected chi connectivity index (χ2v) is 5.94. The average molecular weight is 250 g/mol. The minimum absolute atomic E-state index is 0.0388. The van der Waals surface area contributed by atoms with Gasteiger partial charge in [-0.3, -0.25) is 4.90 Å². The van der Waals surface area contributed by atoms with Crippen LogP contribution in [-0.2, 0) is 6.42 Å². The van der Waals surface area contributed by atoms with Crippen LogP contribution in [0.5, 0.6) is 0 Å². The molecule has 3 nitrogen and oxygen atoms in total. The molecule has 1 aliphatic heterocycles. The van der Waals surface area contributed by atoms with Crippen LogP contribution in [0.2, 0.25) is 0 Å². The number of furan rings is 1. The van der Waals surface area contributed by atoms with E-state index in [1.807, 2.05) is 12.1 Å². The summed E-state index contributed by atoms with van der Waals surface area (Å²) in [4.78, 5) is 2.56. The van der Waals surface area contributed by atoms with Crippen LogP contribution >= 0.6 is 0 Å². The highest BCUT2D eigenvalue weighted by Crippen LogP contribution is 2.24. The molecule has 1 unspecified atom stereocenters. The lowest BCUT2D eigenvalue weighted by Gasteiger charge is -2.42. The molecule has 0 saturated carbocycles. The Morgan fingerprint density at radius 2 is 1.94 bits per heavy atom. The largest absolute Gasteiger partial charge is 0.469 e. The molecular weight excluding hydrogens is 224 g/mol. The van der Waals surface area contributed by atoms with Crippen LogP contribution in [-0.4, -0.2) is 29.6 Å². The molecule has 0 aliphatic carbocycles. The normalized spacial score (nSPS) is 20.6. The van der Waals surface area contributed by atoms with E-state index in [2.05, 4.69) is 18.7 Å². The quantitative estimate of drug-likeness (QED) is 0.893. The fourth-order valence-corrected chi connectivity index (χ4v) is 2.78. The van der Waals surface area contributed by atoms with Crippen molar-refractivity contribution in [1.29, 1.82) is 0 Å². The van der Waals surface area contributed by atoms with Crippen molar-refractivity contribution in [3.63, 3.8) is 0 Å². The Morgan fingerprint density at radius 3 is 2.50 bits per heavy atom. The van der Waals surface area contributed by atoms with Crippen LogP contribution in [0.15, 0.2) is 22.8 Å². The van der Waals surface area contributed by atoms with Gasteiger partial charge in [-0.1, -0.05) is 12.8 Å². The predicted octanol–water partition coefficient (Wildman–Crippen LogP) is 2.80. The van der Waals surface area contributed by atoms with Crippen LogP contribution in [0, 0.1) is 0 Å². The molecule has 18 heavy (non-hydrogen) atoms. The van der Waals surface area contributed by atoms with E-state index in [4.69, 9.17) is 10.2 Å². The Kier molecular flexibility index (Phi) is 4.46. The van der Waals surface area contributed by atoms with Gasteiger partial charge < -0.3 is 10.2 Å². The van der Waals surface area contributed by atoms with Gasteiger partial charge in [-0.2, -0.15) is 0 Å². The van der Waals surface area contributed by atoms with Gasteiger partial charge in [-0.05, 0) is 51.9 Å². The van der Waals surface area contributed by atoms with Gasteiger partial charge in [0.15, 0.2) is 0 Å². The molecule has 1 atom stereocenters. The van der Waals surface area contributed by atoms with E-state index in [1.165, 1.54) is 38.8 Å². The van der Waals surface area contributed by atoms with Crippen molar-refractivity contribution in [2.75, 3.05) is 13.1 Å². The van der Waals surface area contributed by atoms with Crippen molar-refractivity contribution in [2.45, 2.75) is 57.5 Å². The van der Waals surface area contributed by atoms with E-state index in [0.717, 1.165) is 12.2 Å². The standard InChI is InChI=1S/C15H26N2O/c1-15(2,17-9-5-3-4-6-10-17)14(16)12-13-8-7-11-18-13/h7-8,11,14H,3-6,9-10,12,16H2,1-2H3. The summed E-state index contributed by atoms with van der Waals surface area (Å²) in [6.07, 6.45) is 7.87. The number of nitrogens with two attached hydrogens (primary N) is 1. The smallest absolute Gasteiger partial charge is 0.105 e. The molecule has 1 fully saturated rings. The van der Waals surface area contributed by atoms with Gasteiger partial charge in [-0.15, -0.1) is 0 Å². The van der Waals surface area contributed by atoms with Crippen molar-refractivity contribution in [2.24, 2.45) is 5.73 Å². The molecule has 102 valence electrons. The highest BCUT2D eigenvalue weighted by Gasteiger charge is 2.33. The van der Waals surface area contributed by atoms with Gasteiger partial charge in [-0.25, -0.2) is 0 Å². The van der Waals surface area contributed by atoms with Crippen molar-refractivity contribution >= 4 is 0 Å². The molecule has 1 aromatic rings. The first-order chi connectivity index (χ1) is 8.60. The number of nitrogens with zero attached hydrogens (tertiary/aromatic N) is 1. The van der Waals surface area contributed by atoms with E-state index in [0.29, 0.717) is 0 Å². The Balaban J connectivity index is 1.99. The van der Waals surface area contributed by atoms with Crippen molar-refractivity contribution in [3.05, 3.63) is 24.2 Å². The Bertz CT molecular complexity index is 337. The topological polar surface area (TPSA) is 42.4 Å². The van der Waals surface area contributed by atoms with Gasteiger partial charge in [0.1, 0.15) is 5.76 Å². The lowest BCUT2D eigenvalue weighted by molar-refractivity contribution is 0.0960. The minimum Gasteiger partial charge on any atom is -0.469 e. The SMILES string of the molecule is CC(C)(C(N)Cc1ccco1)N1CCCCCC1. The number of likely N-dealkylation sites (tertiary alicyclic amines) is 1. The Labute approximate surface area is 110 Å². The highest BCUT2D eigenvalue weighted by molar-refractivity contribution is 5.04. The predicted molar refractivity (Wildman–Crippen MR) is 74.5 cm³/mol. The Hall–Kier alpha value is -0.800. The zero-order valence-electron chi connectivity index (χ0n) is 11.7. The molecule has 2 heterocycles. The summed E-state index contributed by atoms with van der Waals surface area (Å²) in [5.41, 5.74) is 6.46. The summed E-state index contributed by atoms with van der Waals surface area (Å²) in [7, 11) is 0. The molecule has 2 N–H and O–H groups in total. The summed E-state index contributed by atoms with van der Waals surface area (Å²) >= 11 is 0. The molecule has 0 aromatic carbocycles. The van der Waals surface area contributed by atoms with Gasteiger partial charge >= 0.3 is 0 Å². The first-order valence-corrected chi connectivity index (χ1v) is 7.14. The third kappa shape index (κ3) is 3.15. The average Bonchev–Trinajstić information content (AvgIpc) is 2.68.